The molecule has 0 aliphatic rings. The second-order valence-electron chi connectivity index (χ2n) is 5.08. The van der Waals surface area contributed by atoms with E-state index in [-0.39, 0.29) is 18.5 Å². The number of benzene rings is 1. The molecule has 0 radical (unpaired) electrons. The van der Waals surface area contributed by atoms with Gasteiger partial charge in [-0.25, -0.2) is 4.39 Å². The standard InChI is InChI=1S/C16H21FN2O2/c1-4-7-18-12(3)15-9-13(17)5-6-16(15)20-10-14-8-11(2)19-21-14/h5-6,8-9,12,18H,4,7,10H2,1-3H3. The average Bonchev–Trinajstić information content (AvgIpc) is 2.89. The fraction of sp³-hybridized carbons (Fsp3) is 0.438. The zero-order valence-corrected chi connectivity index (χ0v) is 12.6. The molecule has 0 spiro atoms. The van der Waals surface area contributed by atoms with Gasteiger partial charge in [0.15, 0.2) is 5.76 Å². The molecule has 1 N–H and O–H groups in total. The number of halogens is 1. The summed E-state index contributed by atoms with van der Waals surface area (Å²) < 4.78 is 24.3. The molecule has 0 amide bonds. The van der Waals surface area contributed by atoms with Gasteiger partial charge in [-0.1, -0.05) is 12.1 Å². The molecule has 0 fully saturated rings. The Hall–Kier alpha value is -1.88. The normalized spacial score (nSPS) is 12.4. The van der Waals surface area contributed by atoms with Gasteiger partial charge in [-0.2, -0.15) is 0 Å². The number of hydrogen-bond acceptors (Lipinski definition) is 4. The van der Waals surface area contributed by atoms with Crippen molar-refractivity contribution in [1.29, 1.82) is 0 Å². The van der Waals surface area contributed by atoms with Crippen molar-refractivity contribution < 1.29 is 13.7 Å². The van der Waals surface area contributed by atoms with Crippen LogP contribution in [0.5, 0.6) is 5.75 Å². The minimum absolute atomic E-state index is 0.0205. The number of rotatable bonds is 7. The van der Waals surface area contributed by atoms with E-state index in [0.29, 0.717) is 11.5 Å². The van der Waals surface area contributed by atoms with Crippen molar-refractivity contribution in [2.24, 2.45) is 0 Å². The first-order valence-corrected chi connectivity index (χ1v) is 7.18. The highest BCUT2D eigenvalue weighted by molar-refractivity contribution is 5.36. The highest BCUT2D eigenvalue weighted by atomic mass is 19.1. The van der Waals surface area contributed by atoms with Crippen molar-refractivity contribution in [3.63, 3.8) is 0 Å². The molecule has 5 heteroatoms. The summed E-state index contributed by atoms with van der Waals surface area (Å²) in [5.41, 5.74) is 1.62. The predicted octanol–water partition coefficient (Wildman–Crippen LogP) is 3.76. The lowest BCUT2D eigenvalue weighted by atomic mass is 10.1. The van der Waals surface area contributed by atoms with Crippen LogP contribution in [-0.2, 0) is 6.61 Å². The van der Waals surface area contributed by atoms with E-state index < -0.39 is 0 Å². The Morgan fingerprint density at radius 2 is 2.19 bits per heavy atom. The molecule has 0 aliphatic heterocycles. The Morgan fingerprint density at radius 1 is 1.38 bits per heavy atom. The Balaban J connectivity index is 2.10. The van der Waals surface area contributed by atoms with Crippen molar-refractivity contribution in [3.05, 3.63) is 47.1 Å². The van der Waals surface area contributed by atoms with E-state index in [1.165, 1.54) is 12.1 Å². The Morgan fingerprint density at radius 3 is 2.86 bits per heavy atom. The maximum Gasteiger partial charge on any atom is 0.174 e. The minimum atomic E-state index is -0.266. The zero-order valence-electron chi connectivity index (χ0n) is 12.6. The van der Waals surface area contributed by atoms with Crippen molar-refractivity contribution >= 4 is 0 Å². The predicted molar refractivity (Wildman–Crippen MR) is 78.7 cm³/mol. The van der Waals surface area contributed by atoms with E-state index >= 15 is 0 Å². The molecule has 0 saturated heterocycles. The second-order valence-corrected chi connectivity index (χ2v) is 5.08. The van der Waals surface area contributed by atoms with Crippen LogP contribution < -0.4 is 10.1 Å². The van der Waals surface area contributed by atoms with E-state index in [1.807, 2.05) is 19.9 Å². The Kier molecular flexibility index (Phi) is 5.33. The molecule has 0 aliphatic carbocycles. The number of nitrogens with one attached hydrogen (secondary N) is 1. The number of nitrogens with zero attached hydrogens (tertiary/aromatic N) is 1. The molecule has 114 valence electrons. The van der Waals surface area contributed by atoms with Crippen molar-refractivity contribution in [1.82, 2.24) is 10.5 Å². The number of aromatic nitrogens is 1. The third-order valence-electron chi connectivity index (χ3n) is 3.19. The van der Waals surface area contributed by atoms with Gasteiger partial charge in [0.2, 0.25) is 0 Å². The highest BCUT2D eigenvalue weighted by Gasteiger charge is 2.13. The molecule has 21 heavy (non-hydrogen) atoms. The first-order chi connectivity index (χ1) is 10.1. The summed E-state index contributed by atoms with van der Waals surface area (Å²) in [6.07, 6.45) is 1.02. The van der Waals surface area contributed by atoms with Gasteiger partial charge in [0.1, 0.15) is 18.2 Å². The minimum Gasteiger partial charge on any atom is -0.485 e. The van der Waals surface area contributed by atoms with Gasteiger partial charge in [0, 0.05) is 17.7 Å². The van der Waals surface area contributed by atoms with Crippen LogP contribution in [0.2, 0.25) is 0 Å². The summed E-state index contributed by atoms with van der Waals surface area (Å²) in [4.78, 5) is 0. The molecule has 1 aromatic heterocycles. The molecule has 2 rings (SSSR count). The zero-order chi connectivity index (χ0) is 15.2. The van der Waals surface area contributed by atoms with E-state index in [4.69, 9.17) is 9.26 Å². The quantitative estimate of drug-likeness (QED) is 0.844. The molecule has 1 aromatic carbocycles. The molecule has 2 aromatic rings. The maximum atomic E-state index is 13.5. The number of hydrogen-bond donors (Lipinski definition) is 1. The van der Waals surface area contributed by atoms with Gasteiger partial charge in [-0.15, -0.1) is 0 Å². The molecular formula is C16H21FN2O2. The van der Waals surface area contributed by atoms with Gasteiger partial charge in [-0.05, 0) is 45.0 Å². The van der Waals surface area contributed by atoms with E-state index in [0.717, 1.165) is 24.2 Å². The van der Waals surface area contributed by atoms with Crippen LogP contribution in [0.15, 0.2) is 28.8 Å². The van der Waals surface area contributed by atoms with E-state index in [9.17, 15) is 4.39 Å². The fourth-order valence-electron chi connectivity index (χ4n) is 2.09. The fourth-order valence-corrected chi connectivity index (χ4v) is 2.09. The number of ether oxygens (including phenoxy) is 1. The summed E-state index contributed by atoms with van der Waals surface area (Å²) in [6, 6.07) is 6.40. The van der Waals surface area contributed by atoms with Crippen LogP contribution in [0.25, 0.3) is 0 Å². The number of aryl methyl sites for hydroxylation is 1. The molecule has 1 heterocycles. The van der Waals surface area contributed by atoms with Gasteiger partial charge in [0.05, 0.1) is 5.69 Å². The van der Waals surface area contributed by atoms with Crippen LogP contribution in [0.4, 0.5) is 4.39 Å². The van der Waals surface area contributed by atoms with Gasteiger partial charge in [-0.3, -0.25) is 0 Å². The van der Waals surface area contributed by atoms with E-state index in [1.54, 1.807) is 6.07 Å². The van der Waals surface area contributed by atoms with Gasteiger partial charge >= 0.3 is 0 Å². The van der Waals surface area contributed by atoms with Crippen molar-refractivity contribution in [3.8, 4) is 5.75 Å². The van der Waals surface area contributed by atoms with Gasteiger partial charge in [0.25, 0.3) is 0 Å². The lowest BCUT2D eigenvalue weighted by Gasteiger charge is -2.18. The summed E-state index contributed by atoms with van der Waals surface area (Å²) in [5.74, 6) is 1.04. The van der Waals surface area contributed by atoms with Crippen LogP contribution in [0.3, 0.4) is 0 Å². The summed E-state index contributed by atoms with van der Waals surface area (Å²) in [7, 11) is 0. The lowest BCUT2D eigenvalue weighted by molar-refractivity contribution is 0.245. The average molecular weight is 292 g/mol. The molecule has 4 nitrogen and oxygen atoms in total. The Bertz CT molecular complexity index is 583. The second kappa shape index (κ2) is 7.22. The molecule has 1 unspecified atom stereocenters. The van der Waals surface area contributed by atoms with Crippen LogP contribution in [0, 0.1) is 12.7 Å². The van der Waals surface area contributed by atoms with Gasteiger partial charge < -0.3 is 14.6 Å². The van der Waals surface area contributed by atoms with Crippen molar-refractivity contribution in [2.45, 2.75) is 39.8 Å². The van der Waals surface area contributed by atoms with E-state index in [2.05, 4.69) is 17.4 Å². The first-order valence-electron chi connectivity index (χ1n) is 7.18. The maximum absolute atomic E-state index is 13.5. The Labute approximate surface area is 124 Å². The summed E-state index contributed by atoms with van der Waals surface area (Å²) in [5, 5.41) is 7.15. The molecular weight excluding hydrogens is 271 g/mol. The summed E-state index contributed by atoms with van der Waals surface area (Å²) >= 11 is 0. The van der Waals surface area contributed by atoms with Crippen LogP contribution >= 0.6 is 0 Å². The van der Waals surface area contributed by atoms with Crippen LogP contribution in [0.1, 0.15) is 43.3 Å². The smallest absolute Gasteiger partial charge is 0.174 e. The SMILES string of the molecule is CCCNC(C)c1cc(F)ccc1OCc1cc(C)no1. The third kappa shape index (κ3) is 4.29. The highest BCUT2D eigenvalue weighted by Crippen LogP contribution is 2.27. The van der Waals surface area contributed by atoms with Crippen LogP contribution in [-0.4, -0.2) is 11.7 Å². The lowest BCUT2D eigenvalue weighted by Crippen LogP contribution is -2.20. The largest absolute Gasteiger partial charge is 0.485 e. The third-order valence-corrected chi connectivity index (χ3v) is 3.19. The topological polar surface area (TPSA) is 47.3 Å². The monoisotopic (exact) mass is 292 g/mol. The molecule has 0 saturated carbocycles. The first kappa shape index (κ1) is 15.5. The summed E-state index contributed by atoms with van der Waals surface area (Å²) in [6.45, 7) is 7.09. The molecule has 1 atom stereocenters. The van der Waals surface area contributed by atoms with Crippen molar-refractivity contribution in [2.75, 3.05) is 6.54 Å². The molecule has 0 bridgehead atoms.